The van der Waals surface area contributed by atoms with Crippen LogP contribution < -0.4 is 11.1 Å². The molecular formula is C7H10N4O2. The van der Waals surface area contributed by atoms with E-state index in [4.69, 9.17) is 5.73 Å². The first-order valence-corrected chi connectivity index (χ1v) is 3.76. The van der Waals surface area contributed by atoms with Gasteiger partial charge in [-0.25, -0.2) is 0 Å². The highest BCUT2D eigenvalue weighted by molar-refractivity contribution is 6.39. The lowest BCUT2D eigenvalue weighted by Crippen LogP contribution is -2.29. The zero-order valence-electron chi connectivity index (χ0n) is 7.15. The Balaban J connectivity index is 2.64. The smallest absolute Gasteiger partial charge is 0.313 e. The molecule has 0 bridgehead atoms. The number of nitrogens with one attached hydrogen (secondary N) is 1. The van der Waals surface area contributed by atoms with Gasteiger partial charge in [0.1, 0.15) is 0 Å². The average molecular weight is 182 g/mol. The molecule has 0 saturated carbocycles. The fourth-order valence-electron chi connectivity index (χ4n) is 0.794. The summed E-state index contributed by atoms with van der Waals surface area (Å²) in [6.07, 6.45) is 3.06. The van der Waals surface area contributed by atoms with Gasteiger partial charge in [-0.3, -0.25) is 14.3 Å². The molecule has 0 unspecified atom stereocenters. The topological polar surface area (TPSA) is 90.0 Å². The van der Waals surface area contributed by atoms with Crippen molar-refractivity contribution >= 4 is 17.5 Å². The van der Waals surface area contributed by atoms with Gasteiger partial charge in [0.15, 0.2) is 0 Å². The molecule has 0 radical (unpaired) electrons. The van der Waals surface area contributed by atoms with Gasteiger partial charge in [-0.2, -0.15) is 5.10 Å². The zero-order valence-corrected chi connectivity index (χ0v) is 7.15. The van der Waals surface area contributed by atoms with Crippen molar-refractivity contribution in [2.24, 2.45) is 5.73 Å². The Kier molecular flexibility index (Phi) is 2.63. The lowest BCUT2D eigenvalue weighted by Gasteiger charge is -1.96. The second-order valence-electron chi connectivity index (χ2n) is 2.40. The summed E-state index contributed by atoms with van der Waals surface area (Å²) in [5.74, 6) is -1.85. The van der Waals surface area contributed by atoms with Gasteiger partial charge in [-0.1, -0.05) is 0 Å². The standard InChI is InChI=1S/C7H10N4O2/c1-2-11-4-5(3-9-11)10-7(13)6(8)12/h3-4H,2H2,1H3,(H2,8,12)(H,10,13). The minimum atomic E-state index is -1.01. The number of carbonyl (C=O) groups is 2. The Morgan fingerprint density at radius 2 is 2.38 bits per heavy atom. The molecular weight excluding hydrogens is 172 g/mol. The number of hydrogen-bond donors (Lipinski definition) is 2. The SMILES string of the molecule is CCn1cc(NC(=O)C(N)=O)cn1. The van der Waals surface area contributed by atoms with E-state index in [1.165, 1.54) is 6.20 Å². The van der Waals surface area contributed by atoms with Crippen molar-refractivity contribution in [1.29, 1.82) is 0 Å². The maximum absolute atomic E-state index is 10.8. The predicted molar refractivity (Wildman–Crippen MR) is 45.7 cm³/mol. The van der Waals surface area contributed by atoms with Gasteiger partial charge in [0.2, 0.25) is 0 Å². The van der Waals surface area contributed by atoms with E-state index in [9.17, 15) is 9.59 Å². The molecule has 0 spiro atoms. The number of primary amides is 1. The number of rotatable bonds is 2. The van der Waals surface area contributed by atoms with Crippen LogP contribution in [-0.4, -0.2) is 21.6 Å². The molecule has 0 atom stereocenters. The second-order valence-corrected chi connectivity index (χ2v) is 2.40. The van der Waals surface area contributed by atoms with Crippen molar-refractivity contribution in [2.75, 3.05) is 5.32 Å². The number of carbonyl (C=O) groups excluding carboxylic acids is 2. The van der Waals surface area contributed by atoms with Crippen LogP contribution in [0.4, 0.5) is 5.69 Å². The maximum atomic E-state index is 10.8. The van der Waals surface area contributed by atoms with Crippen LogP contribution in [0.15, 0.2) is 12.4 Å². The Bertz CT molecular complexity index is 331. The van der Waals surface area contributed by atoms with Crippen LogP contribution in [0.25, 0.3) is 0 Å². The molecule has 1 rings (SSSR count). The molecule has 2 amide bonds. The normalized spacial score (nSPS) is 9.62. The van der Waals surface area contributed by atoms with Crippen LogP contribution in [0.5, 0.6) is 0 Å². The van der Waals surface area contributed by atoms with Crippen molar-refractivity contribution in [3.05, 3.63) is 12.4 Å². The van der Waals surface area contributed by atoms with Crippen LogP contribution >= 0.6 is 0 Å². The van der Waals surface area contributed by atoms with Crippen molar-refractivity contribution in [3.63, 3.8) is 0 Å². The van der Waals surface area contributed by atoms with Crippen molar-refractivity contribution in [1.82, 2.24) is 9.78 Å². The summed E-state index contributed by atoms with van der Waals surface area (Å²) in [6.45, 7) is 2.61. The van der Waals surface area contributed by atoms with E-state index in [1.54, 1.807) is 10.9 Å². The van der Waals surface area contributed by atoms with Crippen LogP contribution in [0, 0.1) is 0 Å². The van der Waals surface area contributed by atoms with E-state index in [0.29, 0.717) is 12.2 Å². The van der Waals surface area contributed by atoms with Crippen molar-refractivity contribution in [3.8, 4) is 0 Å². The number of nitrogens with two attached hydrogens (primary N) is 1. The molecule has 0 aliphatic heterocycles. The molecule has 0 aliphatic rings. The molecule has 1 heterocycles. The summed E-state index contributed by atoms with van der Waals surface area (Å²) < 4.78 is 1.62. The molecule has 3 N–H and O–H groups in total. The van der Waals surface area contributed by atoms with Crippen LogP contribution in [0.1, 0.15) is 6.92 Å². The van der Waals surface area contributed by atoms with Gasteiger partial charge in [0.05, 0.1) is 11.9 Å². The molecule has 70 valence electrons. The summed E-state index contributed by atoms with van der Waals surface area (Å²) in [5.41, 5.74) is 5.21. The number of anilines is 1. The first-order chi connectivity index (χ1) is 6.13. The Hall–Kier alpha value is -1.85. The minimum Gasteiger partial charge on any atom is -0.361 e. The summed E-state index contributed by atoms with van der Waals surface area (Å²) in [7, 11) is 0. The van der Waals surface area contributed by atoms with Gasteiger partial charge in [0, 0.05) is 12.7 Å². The molecule has 0 saturated heterocycles. The first-order valence-electron chi connectivity index (χ1n) is 3.76. The van der Waals surface area contributed by atoms with Gasteiger partial charge < -0.3 is 11.1 Å². The number of amides is 2. The molecule has 1 aromatic heterocycles. The van der Waals surface area contributed by atoms with E-state index in [-0.39, 0.29) is 0 Å². The third-order valence-corrected chi connectivity index (χ3v) is 1.44. The highest BCUT2D eigenvalue weighted by Crippen LogP contribution is 2.03. The van der Waals surface area contributed by atoms with Crippen LogP contribution in [-0.2, 0) is 16.1 Å². The quantitative estimate of drug-likeness (QED) is 0.594. The van der Waals surface area contributed by atoms with Crippen LogP contribution in [0.2, 0.25) is 0 Å². The van der Waals surface area contributed by atoms with Gasteiger partial charge >= 0.3 is 11.8 Å². The second kappa shape index (κ2) is 3.70. The zero-order chi connectivity index (χ0) is 9.84. The summed E-state index contributed by atoms with van der Waals surface area (Å²) in [5, 5.41) is 6.20. The highest BCUT2D eigenvalue weighted by Gasteiger charge is 2.09. The number of nitrogens with zero attached hydrogens (tertiary/aromatic N) is 2. The predicted octanol–water partition coefficient (Wildman–Crippen LogP) is -0.673. The lowest BCUT2D eigenvalue weighted by molar-refractivity contribution is -0.134. The molecule has 0 fully saturated rings. The van der Waals surface area contributed by atoms with E-state index in [2.05, 4.69) is 10.4 Å². The molecule has 13 heavy (non-hydrogen) atoms. The maximum Gasteiger partial charge on any atom is 0.313 e. The third-order valence-electron chi connectivity index (χ3n) is 1.44. The first kappa shape index (κ1) is 9.24. The lowest BCUT2D eigenvalue weighted by atomic mass is 10.5. The Morgan fingerprint density at radius 3 is 2.85 bits per heavy atom. The monoisotopic (exact) mass is 182 g/mol. The summed E-state index contributed by atoms with van der Waals surface area (Å²) in [6, 6.07) is 0. The van der Waals surface area contributed by atoms with E-state index < -0.39 is 11.8 Å². The Labute approximate surface area is 74.7 Å². The molecule has 1 aromatic rings. The number of aryl methyl sites for hydroxylation is 1. The fraction of sp³-hybridized carbons (Fsp3) is 0.286. The van der Waals surface area contributed by atoms with Gasteiger partial charge in [0.25, 0.3) is 0 Å². The molecule has 6 heteroatoms. The van der Waals surface area contributed by atoms with E-state index in [1.807, 2.05) is 6.92 Å². The number of aromatic nitrogens is 2. The number of hydrogen-bond acceptors (Lipinski definition) is 3. The largest absolute Gasteiger partial charge is 0.361 e. The minimum absolute atomic E-state index is 0.464. The molecule has 0 aromatic carbocycles. The molecule has 0 aliphatic carbocycles. The fourth-order valence-corrected chi connectivity index (χ4v) is 0.794. The van der Waals surface area contributed by atoms with Crippen molar-refractivity contribution in [2.45, 2.75) is 13.5 Å². The van der Waals surface area contributed by atoms with Gasteiger partial charge in [-0.15, -0.1) is 0 Å². The summed E-state index contributed by atoms with van der Waals surface area (Å²) in [4.78, 5) is 21.2. The highest BCUT2D eigenvalue weighted by atomic mass is 16.2. The summed E-state index contributed by atoms with van der Waals surface area (Å²) >= 11 is 0. The van der Waals surface area contributed by atoms with E-state index >= 15 is 0 Å². The van der Waals surface area contributed by atoms with Crippen LogP contribution in [0.3, 0.4) is 0 Å². The third kappa shape index (κ3) is 2.29. The van der Waals surface area contributed by atoms with Crippen molar-refractivity contribution < 1.29 is 9.59 Å². The molecule has 6 nitrogen and oxygen atoms in total. The van der Waals surface area contributed by atoms with Gasteiger partial charge in [-0.05, 0) is 6.92 Å². The van der Waals surface area contributed by atoms with E-state index in [0.717, 1.165) is 0 Å². The Morgan fingerprint density at radius 1 is 1.69 bits per heavy atom. The average Bonchev–Trinajstić information content (AvgIpc) is 2.52.